The van der Waals surface area contributed by atoms with Gasteiger partial charge >= 0.3 is 12.1 Å². The zero-order chi connectivity index (χ0) is 28.3. The Labute approximate surface area is 234 Å². The molecule has 1 aliphatic carbocycles. The fourth-order valence-corrected chi connectivity index (χ4v) is 6.34. The van der Waals surface area contributed by atoms with E-state index in [1.807, 2.05) is 42.5 Å². The smallest absolute Gasteiger partial charge is 0.404 e. The van der Waals surface area contributed by atoms with Crippen molar-refractivity contribution in [1.82, 2.24) is 4.90 Å². The molecule has 40 heavy (non-hydrogen) atoms. The number of methoxy groups -OCH3 is 1. The number of carbonyl (C=O) groups is 1. The standard InChI is InChI=1S/C31H39F3N2O4/c1-39-25-10-9-24(19-36-13-3-6-29(36)31(32,33)34)28(17-25)35-14-11-21(12-15-35)20-40-26-5-2-4-23(16-26)27(18-30(37)38)22-7-8-22/h2,4-5,9-10,16-17,21-22,27,29H,3,6-8,11-15,18-20H2,1H3,(H,37,38)/t27-,29-/m0/s1. The number of rotatable bonds is 11. The molecule has 9 heteroatoms. The molecule has 3 aliphatic rings. The summed E-state index contributed by atoms with van der Waals surface area (Å²) in [5.74, 6) is 1.55. The zero-order valence-corrected chi connectivity index (χ0v) is 23.0. The van der Waals surface area contributed by atoms with E-state index in [4.69, 9.17) is 9.47 Å². The number of likely N-dealkylation sites (tertiary alicyclic amines) is 1. The van der Waals surface area contributed by atoms with Crippen molar-refractivity contribution in [2.75, 3.05) is 38.3 Å². The Balaban J connectivity index is 1.19. The molecule has 0 spiro atoms. The van der Waals surface area contributed by atoms with Crippen LogP contribution in [0.15, 0.2) is 42.5 Å². The van der Waals surface area contributed by atoms with Crippen LogP contribution < -0.4 is 14.4 Å². The first-order valence-electron chi connectivity index (χ1n) is 14.4. The van der Waals surface area contributed by atoms with E-state index in [0.29, 0.717) is 37.2 Å². The molecule has 2 aromatic rings. The number of benzene rings is 2. The molecule has 0 unspecified atom stereocenters. The molecule has 1 N–H and O–H groups in total. The van der Waals surface area contributed by atoms with Gasteiger partial charge in [-0.1, -0.05) is 18.2 Å². The highest BCUT2D eigenvalue weighted by Crippen LogP contribution is 2.45. The van der Waals surface area contributed by atoms with Crippen molar-refractivity contribution in [2.24, 2.45) is 11.8 Å². The Bertz CT molecular complexity index is 1160. The third-order valence-electron chi connectivity index (χ3n) is 8.72. The van der Waals surface area contributed by atoms with Gasteiger partial charge in [0, 0.05) is 31.4 Å². The number of anilines is 1. The topological polar surface area (TPSA) is 62.2 Å². The van der Waals surface area contributed by atoms with Gasteiger partial charge in [0.25, 0.3) is 0 Å². The van der Waals surface area contributed by atoms with E-state index in [1.54, 1.807) is 12.0 Å². The summed E-state index contributed by atoms with van der Waals surface area (Å²) in [4.78, 5) is 15.2. The molecule has 218 valence electrons. The molecule has 0 radical (unpaired) electrons. The minimum atomic E-state index is -4.21. The monoisotopic (exact) mass is 560 g/mol. The predicted octanol–water partition coefficient (Wildman–Crippen LogP) is 6.49. The SMILES string of the molecule is COc1ccc(CN2CCC[C@H]2C(F)(F)F)c(N2CCC(COc3cccc([C@@H](CC(=O)O)C4CC4)c3)CC2)c1. The molecule has 0 bridgehead atoms. The normalized spacial score (nSPS) is 21.4. The van der Waals surface area contributed by atoms with E-state index in [-0.39, 0.29) is 25.3 Å². The number of aliphatic carboxylic acids is 1. The molecule has 3 fully saturated rings. The van der Waals surface area contributed by atoms with Gasteiger partial charge < -0.3 is 19.5 Å². The fraction of sp³-hybridized carbons (Fsp3) is 0.581. The summed E-state index contributed by atoms with van der Waals surface area (Å²) in [5.41, 5.74) is 2.88. The number of alkyl halides is 3. The third-order valence-corrected chi connectivity index (χ3v) is 8.72. The quantitative estimate of drug-likeness (QED) is 0.339. The summed E-state index contributed by atoms with van der Waals surface area (Å²) in [5, 5.41) is 9.34. The third kappa shape index (κ3) is 7.03. The average Bonchev–Trinajstić information content (AvgIpc) is 3.67. The summed E-state index contributed by atoms with van der Waals surface area (Å²) in [6, 6.07) is 12.2. The summed E-state index contributed by atoms with van der Waals surface area (Å²) < 4.78 is 52.3. The Kier molecular flexibility index (Phi) is 8.78. The Morgan fingerprint density at radius 1 is 1.02 bits per heavy atom. The maximum atomic E-state index is 13.6. The summed E-state index contributed by atoms with van der Waals surface area (Å²) >= 11 is 0. The molecule has 0 aromatic heterocycles. The number of ether oxygens (including phenoxy) is 2. The lowest BCUT2D eigenvalue weighted by molar-refractivity contribution is -0.177. The first-order chi connectivity index (χ1) is 19.2. The van der Waals surface area contributed by atoms with Gasteiger partial charge in [0.15, 0.2) is 0 Å². The highest BCUT2D eigenvalue weighted by molar-refractivity contribution is 5.68. The fourth-order valence-electron chi connectivity index (χ4n) is 6.34. The van der Waals surface area contributed by atoms with Gasteiger partial charge in [0.2, 0.25) is 0 Å². The number of carboxylic acid groups (broad SMARTS) is 1. The van der Waals surface area contributed by atoms with E-state index in [0.717, 1.165) is 61.3 Å². The number of halogens is 3. The highest BCUT2D eigenvalue weighted by Gasteiger charge is 2.45. The number of hydrogen-bond donors (Lipinski definition) is 1. The van der Waals surface area contributed by atoms with Gasteiger partial charge in [-0.2, -0.15) is 13.2 Å². The number of carboxylic acids is 1. The van der Waals surface area contributed by atoms with Crippen LogP contribution in [0.2, 0.25) is 0 Å². The summed E-state index contributed by atoms with van der Waals surface area (Å²) in [6.45, 7) is 2.88. The van der Waals surface area contributed by atoms with Gasteiger partial charge in [-0.25, -0.2) is 0 Å². The van der Waals surface area contributed by atoms with Crippen molar-refractivity contribution >= 4 is 11.7 Å². The summed E-state index contributed by atoms with van der Waals surface area (Å²) in [7, 11) is 1.60. The minimum absolute atomic E-state index is 0.0355. The molecule has 1 saturated carbocycles. The van der Waals surface area contributed by atoms with Crippen LogP contribution in [0.4, 0.5) is 18.9 Å². The number of piperidine rings is 1. The molecule has 2 aliphatic heterocycles. The van der Waals surface area contributed by atoms with Crippen LogP contribution in [0, 0.1) is 11.8 Å². The molecule has 6 nitrogen and oxygen atoms in total. The second-order valence-electron chi connectivity index (χ2n) is 11.5. The molecular formula is C31H39F3N2O4. The van der Waals surface area contributed by atoms with Crippen LogP contribution in [0.5, 0.6) is 11.5 Å². The van der Waals surface area contributed by atoms with Crippen molar-refractivity contribution < 1.29 is 32.5 Å². The van der Waals surface area contributed by atoms with E-state index < -0.39 is 18.2 Å². The van der Waals surface area contributed by atoms with E-state index in [1.165, 1.54) is 0 Å². The highest BCUT2D eigenvalue weighted by atomic mass is 19.4. The van der Waals surface area contributed by atoms with Crippen molar-refractivity contribution in [3.05, 3.63) is 53.6 Å². The van der Waals surface area contributed by atoms with E-state index in [9.17, 15) is 23.1 Å². The predicted molar refractivity (Wildman–Crippen MR) is 147 cm³/mol. The maximum absolute atomic E-state index is 13.6. The lowest BCUT2D eigenvalue weighted by Crippen LogP contribution is -2.41. The van der Waals surface area contributed by atoms with Crippen LogP contribution in [-0.4, -0.2) is 61.5 Å². The summed E-state index contributed by atoms with van der Waals surface area (Å²) in [6.07, 6.45) is 0.636. The average molecular weight is 561 g/mol. The second kappa shape index (κ2) is 12.3. The lowest BCUT2D eigenvalue weighted by atomic mass is 9.91. The van der Waals surface area contributed by atoms with Gasteiger partial charge in [-0.3, -0.25) is 9.69 Å². The van der Waals surface area contributed by atoms with Gasteiger partial charge in [-0.15, -0.1) is 0 Å². The van der Waals surface area contributed by atoms with Gasteiger partial charge in [-0.05, 0) is 92.1 Å². The Hall–Kier alpha value is -2.94. The molecule has 2 saturated heterocycles. The Morgan fingerprint density at radius 3 is 2.48 bits per heavy atom. The second-order valence-corrected chi connectivity index (χ2v) is 11.5. The molecule has 2 heterocycles. The van der Waals surface area contributed by atoms with Crippen molar-refractivity contribution in [1.29, 1.82) is 0 Å². The van der Waals surface area contributed by atoms with Crippen LogP contribution in [-0.2, 0) is 11.3 Å². The lowest BCUT2D eigenvalue weighted by Gasteiger charge is -2.36. The van der Waals surface area contributed by atoms with Crippen molar-refractivity contribution in [3.63, 3.8) is 0 Å². The molecular weight excluding hydrogens is 521 g/mol. The van der Waals surface area contributed by atoms with Crippen molar-refractivity contribution in [3.8, 4) is 11.5 Å². The van der Waals surface area contributed by atoms with Crippen molar-refractivity contribution in [2.45, 2.75) is 69.6 Å². The van der Waals surface area contributed by atoms with E-state index >= 15 is 0 Å². The Morgan fingerprint density at radius 2 is 1.80 bits per heavy atom. The van der Waals surface area contributed by atoms with Crippen LogP contribution in [0.25, 0.3) is 0 Å². The largest absolute Gasteiger partial charge is 0.497 e. The van der Waals surface area contributed by atoms with E-state index in [2.05, 4.69) is 4.90 Å². The molecule has 5 rings (SSSR count). The molecule has 2 atom stereocenters. The first-order valence-corrected chi connectivity index (χ1v) is 14.4. The first kappa shape index (κ1) is 28.6. The minimum Gasteiger partial charge on any atom is -0.497 e. The van der Waals surface area contributed by atoms with Crippen LogP contribution in [0.1, 0.15) is 62.0 Å². The maximum Gasteiger partial charge on any atom is 0.404 e. The zero-order valence-electron chi connectivity index (χ0n) is 23.0. The molecule has 2 aromatic carbocycles. The van der Waals surface area contributed by atoms with Crippen LogP contribution >= 0.6 is 0 Å². The number of nitrogens with zero attached hydrogens (tertiary/aromatic N) is 2. The molecule has 0 amide bonds. The van der Waals surface area contributed by atoms with Gasteiger partial charge in [0.05, 0.1) is 20.1 Å². The van der Waals surface area contributed by atoms with Crippen LogP contribution in [0.3, 0.4) is 0 Å². The van der Waals surface area contributed by atoms with Gasteiger partial charge in [0.1, 0.15) is 17.5 Å². The number of hydrogen-bond acceptors (Lipinski definition) is 5.